The molecular formula is C16H21NO4. The van der Waals surface area contributed by atoms with E-state index in [4.69, 9.17) is 9.84 Å². The van der Waals surface area contributed by atoms with Crippen LogP contribution in [0.3, 0.4) is 0 Å². The third kappa shape index (κ3) is 3.54. The lowest BCUT2D eigenvalue weighted by atomic mass is 9.73. The van der Waals surface area contributed by atoms with E-state index in [9.17, 15) is 9.59 Å². The molecule has 0 heterocycles. The van der Waals surface area contributed by atoms with Crippen LogP contribution in [0.1, 0.15) is 30.9 Å². The molecule has 1 aliphatic rings. The van der Waals surface area contributed by atoms with Gasteiger partial charge in [-0.05, 0) is 38.3 Å². The lowest BCUT2D eigenvalue weighted by Gasteiger charge is -2.32. The van der Waals surface area contributed by atoms with E-state index in [1.165, 1.54) is 0 Å². The summed E-state index contributed by atoms with van der Waals surface area (Å²) in [7, 11) is 0. The molecule has 2 unspecified atom stereocenters. The zero-order valence-electron chi connectivity index (χ0n) is 12.4. The number of aliphatic carboxylic acids is 1. The van der Waals surface area contributed by atoms with Crippen LogP contribution in [-0.2, 0) is 16.1 Å². The van der Waals surface area contributed by atoms with Crippen molar-refractivity contribution >= 4 is 11.9 Å². The minimum absolute atomic E-state index is 0.184. The summed E-state index contributed by atoms with van der Waals surface area (Å²) in [4.78, 5) is 23.0. The summed E-state index contributed by atoms with van der Waals surface area (Å²) in [6, 6.07) is 5.83. The Kier molecular flexibility index (Phi) is 4.83. The van der Waals surface area contributed by atoms with Gasteiger partial charge in [-0.25, -0.2) is 0 Å². The Labute approximate surface area is 124 Å². The van der Waals surface area contributed by atoms with Crippen LogP contribution in [0.15, 0.2) is 18.2 Å². The van der Waals surface area contributed by atoms with Gasteiger partial charge in [-0.1, -0.05) is 12.1 Å². The van der Waals surface area contributed by atoms with Gasteiger partial charge in [0.1, 0.15) is 5.75 Å². The number of rotatable bonds is 6. The number of carboxylic acid groups (broad SMARTS) is 1. The molecule has 1 aliphatic carbocycles. The number of amides is 1. The quantitative estimate of drug-likeness (QED) is 0.842. The molecule has 1 fully saturated rings. The highest BCUT2D eigenvalue weighted by Crippen LogP contribution is 2.34. The van der Waals surface area contributed by atoms with Crippen molar-refractivity contribution in [3.63, 3.8) is 0 Å². The summed E-state index contributed by atoms with van der Waals surface area (Å²) in [5.74, 6) is -1.23. The van der Waals surface area contributed by atoms with E-state index in [0.717, 1.165) is 16.9 Å². The standard InChI is InChI=1S/C16H21NO4/c1-3-21-14-8-10(2)4-5-11(14)9-17-15(18)12-6-7-13(12)16(19)20/h4-5,8,12-13H,3,6-7,9H2,1-2H3,(H,17,18)(H,19,20). The zero-order chi connectivity index (χ0) is 15.4. The first-order valence-corrected chi connectivity index (χ1v) is 7.25. The van der Waals surface area contributed by atoms with Gasteiger partial charge in [-0.15, -0.1) is 0 Å². The van der Waals surface area contributed by atoms with E-state index < -0.39 is 17.8 Å². The molecule has 0 bridgehead atoms. The maximum Gasteiger partial charge on any atom is 0.307 e. The maximum absolute atomic E-state index is 12.0. The number of hydrogen-bond acceptors (Lipinski definition) is 3. The van der Waals surface area contributed by atoms with Crippen molar-refractivity contribution in [1.82, 2.24) is 5.32 Å². The van der Waals surface area contributed by atoms with Gasteiger partial charge in [0, 0.05) is 12.1 Å². The summed E-state index contributed by atoms with van der Waals surface area (Å²) >= 11 is 0. The lowest BCUT2D eigenvalue weighted by Crippen LogP contribution is -2.43. The average Bonchev–Trinajstić information content (AvgIpc) is 2.36. The van der Waals surface area contributed by atoms with Gasteiger partial charge in [0.15, 0.2) is 0 Å². The van der Waals surface area contributed by atoms with E-state index in [-0.39, 0.29) is 5.91 Å². The zero-order valence-corrected chi connectivity index (χ0v) is 12.4. The fraction of sp³-hybridized carbons (Fsp3) is 0.500. The normalized spacial score (nSPS) is 20.5. The number of carboxylic acids is 1. The largest absolute Gasteiger partial charge is 0.494 e. The lowest BCUT2D eigenvalue weighted by molar-refractivity contribution is -0.152. The second kappa shape index (κ2) is 6.61. The fourth-order valence-corrected chi connectivity index (χ4v) is 2.52. The second-order valence-electron chi connectivity index (χ2n) is 5.39. The number of carbonyl (C=O) groups is 2. The van der Waals surface area contributed by atoms with Crippen molar-refractivity contribution in [3.05, 3.63) is 29.3 Å². The summed E-state index contributed by atoms with van der Waals surface area (Å²) in [6.07, 6.45) is 1.23. The number of nitrogens with one attached hydrogen (secondary N) is 1. The first-order valence-electron chi connectivity index (χ1n) is 7.25. The van der Waals surface area contributed by atoms with E-state index in [0.29, 0.717) is 26.0 Å². The predicted molar refractivity (Wildman–Crippen MR) is 78.0 cm³/mol. The van der Waals surface area contributed by atoms with E-state index >= 15 is 0 Å². The third-order valence-electron chi connectivity index (χ3n) is 3.90. The van der Waals surface area contributed by atoms with Crippen LogP contribution < -0.4 is 10.1 Å². The highest BCUT2D eigenvalue weighted by atomic mass is 16.5. The molecule has 1 aromatic rings. The van der Waals surface area contributed by atoms with Crippen molar-refractivity contribution < 1.29 is 19.4 Å². The molecule has 0 saturated heterocycles. The topological polar surface area (TPSA) is 75.6 Å². The number of ether oxygens (including phenoxy) is 1. The highest BCUT2D eigenvalue weighted by molar-refractivity contribution is 5.86. The van der Waals surface area contributed by atoms with Crippen LogP contribution in [0.2, 0.25) is 0 Å². The Morgan fingerprint density at radius 3 is 2.62 bits per heavy atom. The maximum atomic E-state index is 12.0. The Hall–Kier alpha value is -2.04. The van der Waals surface area contributed by atoms with Crippen molar-refractivity contribution in [2.45, 2.75) is 33.2 Å². The van der Waals surface area contributed by atoms with Crippen LogP contribution >= 0.6 is 0 Å². The van der Waals surface area contributed by atoms with Gasteiger partial charge < -0.3 is 15.2 Å². The van der Waals surface area contributed by atoms with Crippen molar-refractivity contribution in [2.75, 3.05) is 6.61 Å². The van der Waals surface area contributed by atoms with Gasteiger partial charge >= 0.3 is 5.97 Å². The van der Waals surface area contributed by atoms with Crippen LogP contribution in [0, 0.1) is 18.8 Å². The summed E-state index contributed by atoms with van der Waals surface area (Å²) < 4.78 is 5.56. The molecule has 1 aromatic carbocycles. The van der Waals surface area contributed by atoms with Gasteiger partial charge in [-0.2, -0.15) is 0 Å². The third-order valence-corrected chi connectivity index (χ3v) is 3.90. The van der Waals surface area contributed by atoms with Crippen molar-refractivity contribution in [3.8, 4) is 5.75 Å². The van der Waals surface area contributed by atoms with Crippen molar-refractivity contribution in [2.24, 2.45) is 11.8 Å². The molecule has 1 amide bonds. The Morgan fingerprint density at radius 2 is 2.05 bits per heavy atom. The van der Waals surface area contributed by atoms with Crippen LogP contribution in [-0.4, -0.2) is 23.6 Å². The van der Waals surface area contributed by atoms with Crippen LogP contribution in [0.25, 0.3) is 0 Å². The van der Waals surface area contributed by atoms with E-state index in [1.54, 1.807) is 0 Å². The molecule has 0 aliphatic heterocycles. The summed E-state index contributed by atoms with van der Waals surface area (Å²) in [5.41, 5.74) is 2.00. The van der Waals surface area contributed by atoms with Gasteiger partial charge in [-0.3, -0.25) is 9.59 Å². The average molecular weight is 291 g/mol. The summed E-state index contributed by atoms with van der Waals surface area (Å²) in [5, 5.41) is 11.8. The first-order chi connectivity index (χ1) is 10.0. The molecule has 5 nitrogen and oxygen atoms in total. The molecule has 21 heavy (non-hydrogen) atoms. The molecule has 2 atom stereocenters. The molecule has 2 rings (SSSR count). The first kappa shape index (κ1) is 15.4. The minimum Gasteiger partial charge on any atom is -0.494 e. The van der Waals surface area contributed by atoms with E-state index in [1.807, 2.05) is 32.0 Å². The molecule has 0 aromatic heterocycles. The molecule has 0 spiro atoms. The van der Waals surface area contributed by atoms with Crippen LogP contribution in [0.5, 0.6) is 5.75 Å². The molecule has 2 N–H and O–H groups in total. The molecule has 0 radical (unpaired) electrons. The van der Waals surface area contributed by atoms with Gasteiger partial charge in [0.05, 0.1) is 18.4 Å². The Morgan fingerprint density at radius 1 is 1.33 bits per heavy atom. The molecular weight excluding hydrogens is 270 g/mol. The number of carbonyl (C=O) groups excluding carboxylic acids is 1. The molecule has 5 heteroatoms. The monoisotopic (exact) mass is 291 g/mol. The second-order valence-corrected chi connectivity index (χ2v) is 5.39. The summed E-state index contributed by atoms with van der Waals surface area (Å²) in [6.45, 7) is 4.82. The van der Waals surface area contributed by atoms with Gasteiger partial charge in [0.2, 0.25) is 5.91 Å². The van der Waals surface area contributed by atoms with E-state index in [2.05, 4.69) is 5.32 Å². The smallest absolute Gasteiger partial charge is 0.307 e. The molecule has 1 saturated carbocycles. The molecule has 114 valence electrons. The minimum atomic E-state index is -0.883. The Bertz CT molecular complexity index is 541. The number of benzene rings is 1. The van der Waals surface area contributed by atoms with Crippen molar-refractivity contribution in [1.29, 1.82) is 0 Å². The highest BCUT2D eigenvalue weighted by Gasteiger charge is 2.41. The Balaban J connectivity index is 1.96. The van der Waals surface area contributed by atoms with Gasteiger partial charge in [0.25, 0.3) is 0 Å². The fourth-order valence-electron chi connectivity index (χ4n) is 2.52. The number of aryl methyl sites for hydroxylation is 1. The SMILES string of the molecule is CCOc1cc(C)ccc1CNC(=O)C1CCC1C(=O)O. The van der Waals surface area contributed by atoms with Crippen LogP contribution in [0.4, 0.5) is 0 Å². The predicted octanol–water partition coefficient (Wildman–Crippen LogP) is 2.12. The number of hydrogen-bond donors (Lipinski definition) is 2.